The fourth-order valence-electron chi connectivity index (χ4n) is 1.88. The van der Waals surface area contributed by atoms with Gasteiger partial charge in [0.2, 0.25) is 0 Å². The van der Waals surface area contributed by atoms with Gasteiger partial charge in [-0.3, -0.25) is 0 Å². The molecule has 0 saturated heterocycles. The van der Waals surface area contributed by atoms with E-state index < -0.39 is 6.17 Å². The molecule has 0 aliphatic rings. The smallest absolute Gasteiger partial charge is 0.181 e. The number of hydrogen-bond donors (Lipinski definition) is 1. The Labute approximate surface area is 97.3 Å². The number of hydrogen-bond acceptors (Lipinski definition) is 2. The zero-order chi connectivity index (χ0) is 11.8. The normalized spacial score (nSPS) is 13.1. The minimum absolute atomic E-state index is 0.592. The standard InChI is InChI=1S/C13H11FN2O/c1-8(14)12-5-10-4-9(2-3-11(10)16-12)13-6-15-7-17-13/h2-8,16H,1H3. The average molecular weight is 230 g/mol. The fourth-order valence-corrected chi connectivity index (χ4v) is 1.88. The predicted octanol–water partition coefficient (Wildman–Crippen LogP) is 3.85. The number of nitrogens with zero attached hydrogens (tertiary/aromatic N) is 1. The second-order valence-electron chi connectivity index (χ2n) is 4.01. The quantitative estimate of drug-likeness (QED) is 0.726. The number of rotatable bonds is 2. The van der Waals surface area contributed by atoms with Crippen LogP contribution >= 0.6 is 0 Å². The summed E-state index contributed by atoms with van der Waals surface area (Å²) in [6.07, 6.45) is 2.06. The molecule has 0 bridgehead atoms. The Morgan fingerprint density at radius 3 is 2.94 bits per heavy atom. The number of benzene rings is 1. The van der Waals surface area contributed by atoms with E-state index >= 15 is 0 Å². The van der Waals surface area contributed by atoms with Gasteiger partial charge in [-0.05, 0) is 31.2 Å². The molecule has 0 amide bonds. The Morgan fingerprint density at radius 2 is 2.24 bits per heavy atom. The van der Waals surface area contributed by atoms with Crippen LogP contribution in [0, 0.1) is 0 Å². The van der Waals surface area contributed by atoms with E-state index in [1.54, 1.807) is 6.20 Å². The zero-order valence-corrected chi connectivity index (χ0v) is 9.27. The molecule has 86 valence electrons. The summed E-state index contributed by atoms with van der Waals surface area (Å²) in [6.45, 7) is 1.52. The Hall–Kier alpha value is -2.10. The van der Waals surface area contributed by atoms with Crippen molar-refractivity contribution >= 4 is 10.9 Å². The molecule has 2 aromatic heterocycles. The molecule has 0 aliphatic carbocycles. The molecule has 2 heterocycles. The van der Waals surface area contributed by atoms with Gasteiger partial charge in [-0.2, -0.15) is 0 Å². The molecule has 0 saturated carbocycles. The summed E-state index contributed by atoms with van der Waals surface area (Å²) < 4.78 is 18.4. The van der Waals surface area contributed by atoms with Gasteiger partial charge in [0, 0.05) is 16.5 Å². The third-order valence-electron chi connectivity index (χ3n) is 2.79. The first-order chi connectivity index (χ1) is 8.24. The molecular formula is C13H11FN2O. The first-order valence-electron chi connectivity index (χ1n) is 5.39. The van der Waals surface area contributed by atoms with Gasteiger partial charge in [-0.15, -0.1) is 0 Å². The Balaban J connectivity index is 2.13. The maximum absolute atomic E-state index is 13.2. The van der Waals surface area contributed by atoms with Crippen LogP contribution in [-0.4, -0.2) is 9.97 Å². The lowest BCUT2D eigenvalue weighted by Crippen LogP contribution is -1.82. The summed E-state index contributed by atoms with van der Waals surface area (Å²) >= 11 is 0. The molecule has 3 aromatic rings. The SMILES string of the molecule is CC(F)c1cc2cc(-c3cnco3)ccc2[nH]1. The highest BCUT2D eigenvalue weighted by Gasteiger charge is 2.08. The van der Waals surface area contributed by atoms with Gasteiger partial charge in [0.05, 0.1) is 11.9 Å². The fraction of sp³-hybridized carbons (Fsp3) is 0.154. The zero-order valence-electron chi connectivity index (χ0n) is 9.27. The number of aromatic nitrogens is 2. The minimum atomic E-state index is -0.990. The van der Waals surface area contributed by atoms with Gasteiger partial charge in [0.1, 0.15) is 6.17 Å². The third kappa shape index (κ3) is 1.71. The van der Waals surface area contributed by atoms with Gasteiger partial charge in [0.25, 0.3) is 0 Å². The van der Waals surface area contributed by atoms with Gasteiger partial charge in [0.15, 0.2) is 12.2 Å². The molecule has 3 rings (SSSR count). The molecule has 4 heteroatoms. The number of alkyl halides is 1. The van der Waals surface area contributed by atoms with E-state index in [4.69, 9.17) is 4.42 Å². The van der Waals surface area contributed by atoms with Crippen molar-refractivity contribution in [3.63, 3.8) is 0 Å². The summed E-state index contributed by atoms with van der Waals surface area (Å²) in [7, 11) is 0. The maximum Gasteiger partial charge on any atom is 0.181 e. The summed E-state index contributed by atoms with van der Waals surface area (Å²) in [5.41, 5.74) is 2.45. The van der Waals surface area contributed by atoms with Crippen molar-refractivity contribution in [3.05, 3.63) is 42.5 Å². The van der Waals surface area contributed by atoms with Crippen LogP contribution in [0.1, 0.15) is 18.8 Å². The van der Waals surface area contributed by atoms with Gasteiger partial charge in [-0.1, -0.05) is 0 Å². The summed E-state index contributed by atoms with van der Waals surface area (Å²) in [5, 5.41) is 0.971. The minimum Gasteiger partial charge on any atom is -0.444 e. The molecular weight excluding hydrogens is 219 g/mol. The molecule has 0 fully saturated rings. The first kappa shape index (κ1) is 10.1. The Morgan fingerprint density at radius 1 is 1.35 bits per heavy atom. The molecule has 3 nitrogen and oxygen atoms in total. The van der Waals surface area contributed by atoms with Crippen molar-refractivity contribution in [1.82, 2.24) is 9.97 Å². The second-order valence-corrected chi connectivity index (χ2v) is 4.01. The van der Waals surface area contributed by atoms with E-state index in [-0.39, 0.29) is 0 Å². The van der Waals surface area contributed by atoms with E-state index in [0.29, 0.717) is 11.5 Å². The molecule has 1 atom stereocenters. The molecule has 0 radical (unpaired) electrons. The lowest BCUT2D eigenvalue weighted by molar-refractivity contribution is 0.367. The molecule has 17 heavy (non-hydrogen) atoms. The van der Waals surface area contributed by atoms with Crippen LogP contribution in [0.15, 0.2) is 41.3 Å². The number of H-pyrrole nitrogens is 1. The van der Waals surface area contributed by atoms with Crippen LogP contribution in [-0.2, 0) is 0 Å². The molecule has 0 aliphatic heterocycles. The van der Waals surface area contributed by atoms with E-state index in [9.17, 15) is 4.39 Å². The average Bonchev–Trinajstić information content (AvgIpc) is 2.97. The second kappa shape index (κ2) is 3.73. The highest BCUT2D eigenvalue weighted by atomic mass is 19.1. The van der Waals surface area contributed by atoms with Crippen LogP contribution in [0.25, 0.3) is 22.2 Å². The Bertz CT molecular complexity index is 641. The van der Waals surface area contributed by atoms with E-state index in [0.717, 1.165) is 16.5 Å². The number of halogens is 1. The van der Waals surface area contributed by atoms with Crippen LogP contribution in [0.3, 0.4) is 0 Å². The van der Waals surface area contributed by atoms with Crippen molar-refractivity contribution in [2.75, 3.05) is 0 Å². The van der Waals surface area contributed by atoms with Crippen LogP contribution < -0.4 is 0 Å². The van der Waals surface area contributed by atoms with E-state index in [1.165, 1.54) is 13.3 Å². The number of nitrogens with one attached hydrogen (secondary N) is 1. The molecule has 1 aromatic carbocycles. The number of aromatic amines is 1. The molecule has 1 unspecified atom stereocenters. The van der Waals surface area contributed by atoms with Gasteiger partial charge >= 0.3 is 0 Å². The third-order valence-corrected chi connectivity index (χ3v) is 2.79. The topological polar surface area (TPSA) is 41.8 Å². The monoisotopic (exact) mass is 230 g/mol. The molecule has 0 spiro atoms. The van der Waals surface area contributed by atoms with Crippen molar-refractivity contribution in [3.8, 4) is 11.3 Å². The molecule has 1 N–H and O–H groups in total. The van der Waals surface area contributed by atoms with Crippen molar-refractivity contribution in [2.24, 2.45) is 0 Å². The van der Waals surface area contributed by atoms with Gasteiger partial charge in [-0.25, -0.2) is 9.37 Å². The first-order valence-corrected chi connectivity index (χ1v) is 5.39. The van der Waals surface area contributed by atoms with Crippen LogP contribution in [0.5, 0.6) is 0 Å². The van der Waals surface area contributed by atoms with Crippen molar-refractivity contribution in [2.45, 2.75) is 13.1 Å². The van der Waals surface area contributed by atoms with Crippen molar-refractivity contribution < 1.29 is 8.81 Å². The highest BCUT2D eigenvalue weighted by Crippen LogP contribution is 2.27. The van der Waals surface area contributed by atoms with Crippen LogP contribution in [0.4, 0.5) is 4.39 Å². The van der Waals surface area contributed by atoms with Crippen molar-refractivity contribution in [1.29, 1.82) is 0 Å². The lowest BCUT2D eigenvalue weighted by Gasteiger charge is -1.95. The number of fused-ring (bicyclic) bond motifs is 1. The highest BCUT2D eigenvalue weighted by molar-refractivity contribution is 5.85. The number of oxazole rings is 1. The largest absolute Gasteiger partial charge is 0.444 e. The lowest BCUT2D eigenvalue weighted by atomic mass is 10.1. The predicted molar refractivity (Wildman–Crippen MR) is 63.3 cm³/mol. The van der Waals surface area contributed by atoms with E-state index in [1.807, 2.05) is 24.3 Å². The van der Waals surface area contributed by atoms with Gasteiger partial charge < -0.3 is 9.40 Å². The van der Waals surface area contributed by atoms with E-state index in [2.05, 4.69) is 9.97 Å². The maximum atomic E-state index is 13.2. The summed E-state index contributed by atoms with van der Waals surface area (Å²) in [6, 6.07) is 7.61. The van der Waals surface area contributed by atoms with Crippen LogP contribution in [0.2, 0.25) is 0 Å². The Kier molecular flexibility index (Phi) is 2.21. The summed E-state index contributed by atoms with van der Waals surface area (Å²) in [4.78, 5) is 6.92. The summed E-state index contributed by atoms with van der Waals surface area (Å²) in [5.74, 6) is 0.711.